The van der Waals surface area contributed by atoms with E-state index in [1.165, 1.54) is 37.4 Å². The van der Waals surface area contributed by atoms with E-state index in [1.54, 1.807) is 32.9 Å². The van der Waals surface area contributed by atoms with Crippen LogP contribution in [0.3, 0.4) is 0 Å². The van der Waals surface area contributed by atoms with Crippen LogP contribution in [0.15, 0.2) is 47.4 Å². The molecule has 2 aromatic carbocycles. The molecule has 29 heavy (non-hydrogen) atoms. The zero-order valence-electron chi connectivity index (χ0n) is 16.9. The van der Waals surface area contributed by atoms with E-state index in [4.69, 9.17) is 9.47 Å². The van der Waals surface area contributed by atoms with Crippen LogP contribution in [-0.2, 0) is 14.6 Å². The molecule has 2 N–H and O–H groups in total. The largest absolute Gasteiger partial charge is 0.495 e. The van der Waals surface area contributed by atoms with Crippen LogP contribution in [-0.4, -0.2) is 39.4 Å². The fourth-order valence-electron chi connectivity index (χ4n) is 2.37. The van der Waals surface area contributed by atoms with Crippen LogP contribution in [0.4, 0.5) is 16.2 Å². The van der Waals surface area contributed by atoms with E-state index >= 15 is 0 Å². The molecule has 0 aliphatic rings. The van der Waals surface area contributed by atoms with Gasteiger partial charge in [0.2, 0.25) is 0 Å². The van der Waals surface area contributed by atoms with Gasteiger partial charge in [-0.2, -0.15) is 0 Å². The minimum absolute atomic E-state index is 0.0483. The molecule has 0 spiro atoms. The van der Waals surface area contributed by atoms with Gasteiger partial charge >= 0.3 is 6.09 Å². The molecule has 0 aromatic heterocycles. The third kappa shape index (κ3) is 6.49. The monoisotopic (exact) mass is 420 g/mol. The van der Waals surface area contributed by atoms with Gasteiger partial charge in [-0.3, -0.25) is 10.1 Å². The number of amides is 2. The highest BCUT2D eigenvalue weighted by atomic mass is 32.2. The average Bonchev–Trinajstić information content (AvgIpc) is 2.59. The van der Waals surface area contributed by atoms with Crippen molar-refractivity contribution in [2.45, 2.75) is 31.3 Å². The SMILES string of the molecule is COc1ccc(NC(=O)c2cccc(S(C)(=O)=O)c2)cc1NC(=O)OC(C)(C)C. The Hall–Kier alpha value is -3.07. The molecule has 0 bridgehead atoms. The molecule has 9 heteroatoms. The van der Waals surface area contributed by atoms with Crippen LogP contribution >= 0.6 is 0 Å². The summed E-state index contributed by atoms with van der Waals surface area (Å²) in [4.78, 5) is 24.6. The lowest BCUT2D eigenvalue weighted by Crippen LogP contribution is -2.27. The van der Waals surface area contributed by atoms with Crippen molar-refractivity contribution in [3.05, 3.63) is 48.0 Å². The molecule has 8 nitrogen and oxygen atoms in total. The molecule has 0 saturated carbocycles. The summed E-state index contributed by atoms with van der Waals surface area (Å²) in [5.41, 5.74) is 0.203. The minimum Gasteiger partial charge on any atom is -0.495 e. The fourth-order valence-corrected chi connectivity index (χ4v) is 3.04. The summed E-state index contributed by atoms with van der Waals surface area (Å²) in [7, 11) is -1.98. The van der Waals surface area contributed by atoms with E-state index in [1.807, 2.05) is 0 Å². The highest BCUT2D eigenvalue weighted by molar-refractivity contribution is 7.90. The second-order valence-corrected chi connectivity index (χ2v) is 9.31. The lowest BCUT2D eigenvalue weighted by molar-refractivity contribution is 0.0635. The minimum atomic E-state index is -3.43. The lowest BCUT2D eigenvalue weighted by atomic mass is 10.2. The lowest BCUT2D eigenvalue weighted by Gasteiger charge is -2.20. The maximum absolute atomic E-state index is 12.5. The van der Waals surface area contributed by atoms with E-state index in [0.717, 1.165) is 6.26 Å². The predicted molar refractivity (Wildman–Crippen MR) is 110 cm³/mol. The van der Waals surface area contributed by atoms with Crippen molar-refractivity contribution in [3.63, 3.8) is 0 Å². The van der Waals surface area contributed by atoms with Gasteiger partial charge in [0, 0.05) is 17.5 Å². The fraction of sp³-hybridized carbons (Fsp3) is 0.300. The van der Waals surface area contributed by atoms with E-state index in [9.17, 15) is 18.0 Å². The number of methoxy groups -OCH3 is 1. The first kappa shape index (κ1) is 22.2. The van der Waals surface area contributed by atoms with Crippen molar-refractivity contribution in [1.29, 1.82) is 0 Å². The van der Waals surface area contributed by atoms with Crippen LogP contribution in [0.2, 0.25) is 0 Å². The molecule has 2 aromatic rings. The molecule has 0 radical (unpaired) electrons. The van der Waals surface area contributed by atoms with E-state index in [0.29, 0.717) is 17.1 Å². The molecule has 156 valence electrons. The molecule has 0 saturated heterocycles. The molecule has 2 amide bonds. The second kappa shape index (κ2) is 8.52. The second-order valence-electron chi connectivity index (χ2n) is 7.30. The molecule has 0 fully saturated rings. The van der Waals surface area contributed by atoms with Gasteiger partial charge in [0.1, 0.15) is 11.4 Å². The van der Waals surface area contributed by atoms with Gasteiger partial charge in [-0.05, 0) is 57.2 Å². The van der Waals surface area contributed by atoms with Gasteiger partial charge in [0.15, 0.2) is 9.84 Å². The van der Waals surface area contributed by atoms with Crippen molar-refractivity contribution in [1.82, 2.24) is 0 Å². The number of carbonyl (C=O) groups excluding carboxylic acids is 2. The maximum atomic E-state index is 12.5. The quantitative estimate of drug-likeness (QED) is 0.763. The summed E-state index contributed by atoms with van der Waals surface area (Å²) in [6, 6.07) is 10.4. The van der Waals surface area contributed by atoms with Gasteiger partial charge in [-0.1, -0.05) is 6.07 Å². The first-order chi connectivity index (χ1) is 13.4. The van der Waals surface area contributed by atoms with Crippen LogP contribution in [0.5, 0.6) is 5.75 Å². The Morgan fingerprint density at radius 1 is 1.00 bits per heavy atom. The molecular formula is C20H24N2O6S. The highest BCUT2D eigenvalue weighted by Gasteiger charge is 2.18. The number of hydrogen-bond acceptors (Lipinski definition) is 6. The summed E-state index contributed by atoms with van der Waals surface area (Å²) >= 11 is 0. The number of benzene rings is 2. The van der Waals surface area contributed by atoms with Crippen molar-refractivity contribution in [3.8, 4) is 5.75 Å². The van der Waals surface area contributed by atoms with Crippen LogP contribution in [0.1, 0.15) is 31.1 Å². The van der Waals surface area contributed by atoms with E-state index < -0.39 is 27.4 Å². The molecule has 0 unspecified atom stereocenters. The normalized spacial score (nSPS) is 11.5. The van der Waals surface area contributed by atoms with Gasteiger partial charge in [0.25, 0.3) is 5.91 Å². The van der Waals surface area contributed by atoms with Crippen LogP contribution in [0, 0.1) is 0 Å². The molecule has 0 atom stereocenters. The summed E-state index contributed by atoms with van der Waals surface area (Å²) in [6.07, 6.45) is 0.405. The van der Waals surface area contributed by atoms with Gasteiger partial charge < -0.3 is 14.8 Å². The predicted octanol–water partition coefficient (Wildman–Crippen LogP) is 3.70. The molecule has 0 aliphatic carbocycles. The Labute approximate surface area is 170 Å². The standard InChI is InChI=1S/C20H24N2O6S/c1-20(2,3)28-19(24)22-16-12-14(9-10-17(16)27-4)21-18(23)13-7-6-8-15(11-13)29(5,25)26/h6-12H,1-5H3,(H,21,23)(H,22,24). The van der Waals surface area contributed by atoms with Crippen LogP contribution < -0.4 is 15.4 Å². The third-order valence-corrected chi connectivity index (χ3v) is 4.73. The van der Waals surface area contributed by atoms with Gasteiger partial charge in [-0.15, -0.1) is 0 Å². The smallest absolute Gasteiger partial charge is 0.412 e. The first-order valence-electron chi connectivity index (χ1n) is 8.68. The van der Waals surface area contributed by atoms with E-state index in [-0.39, 0.29) is 10.5 Å². The zero-order chi connectivity index (χ0) is 21.8. The van der Waals surface area contributed by atoms with Crippen LogP contribution in [0.25, 0.3) is 0 Å². The molecule has 2 rings (SSSR count). The average molecular weight is 420 g/mol. The van der Waals surface area contributed by atoms with Crippen molar-refractivity contribution in [2.75, 3.05) is 24.0 Å². The number of carbonyl (C=O) groups is 2. The third-order valence-electron chi connectivity index (χ3n) is 3.62. The Bertz CT molecular complexity index is 1030. The number of anilines is 2. The Balaban J connectivity index is 2.23. The van der Waals surface area contributed by atoms with Crippen molar-refractivity contribution < 1.29 is 27.5 Å². The summed E-state index contributed by atoms with van der Waals surface area (Å²) in [5, 5.41) is 5.25. The molecular weight excluding hydrogens is 396 g/mol. The van der Waals surface area contributed by atoms with Gasteiger partial charge in [0.05, 0.1) is 17.7 Å². The van der Waals surface area contributed by atoms with Crippen molar-refractivity contribution >= 4 is 33.2 Å². The first-order valence-corrected chi connectivity index (χ1v) is 10.6. The number of ether oxygens (including phenoxy) is 2. The van der Waals surface area contributed by atoms with E-state index in [2.05, 4.69) is 10.6 Å². The summed E-state index contributed by atoms with van der Waals surface area (Å²) < 4.78 is 33.8. The number of nitrogens with one attached hydrogen (secondary N) is 2. The molecule has 0 heterocycles. The Morgan fingerprint density at radius 2 is 1.69 bits per heavy atom. The van der Waals surface area contributed by atoms with Crippen molar-refractivity contribution in [2.24, 2.45) is 0 Å². The van der Waals surface area contributed by atoms with Gasteiger partial charge in [-0.25, -0.2) is 13.2 Å². The maximum Gasteiger partial charge on any atom is 0.412 e. The zero-order valence-corrected chi connectivity index (χ0v) is 17.7. The Kier molecular flexibility index (Phi) is 6.53. The highest BCUT2D eigenvalue weighted by Crippen LogP contribution is 2.28. The number of rotatable bonds is 5. The number of sulfone groups is 1. The Morgan fingerprint density at radius 3 is 2.28 bits per heavy atom. The summed E-state index contributed by atoms with van der Waals surface area (Å²) in [6.45, 7) is 5.22. The topological polar surface area (TPSA) is 111 Å². The summed E-state index contributed by atoms with van der Waals surface area (Å²) in [5.74, 6) is -0.114. The molecule has 0 aliphatic heterocycles. The number of hydrogen-bond donors (Lipinski definition) is 2.